The van der Waals surface area contributed by atoms with E-state index >= 15 is 0 Å². The molecule has 2 aromatic carbocycles. The number of hydrogen-bond donors (Lipinski definition) is 2. The molecule has 0 heterocycles. The number of hydrogen-bond acceptors (Lipinski definition) is 2. The molecule has 4 nitrogen and oxygen atoms in total. The highest BCUT2D eigenvalue weighted by Gasteiger charge is 2.28. The van der Waals surface area contributed by atoms with Gasteiger partial charge in [-0.05, 0) is 34.9 Å². The first-order valence-electron chi connectivity index (χ1n) is 5.34. The molecule has 2 N–H and O–H groups in total. The molecule has 0 spiro atoms. The lowest BCUT2D eigenvalue weighted by Gasteiger charge is -2.25. The SMILES string of the molecule is O=C(O)c1ccc2c(c1)-c1cccc(C(=O)O)c1-2. The van der Waals surface area contributed by atoms with Crippen molar-refractivity contribution in [2.75, 3.05) is 0 Å². The van der Waals surface area contributed by atoms with E-state index in [0.717, 1.165) is 16.7 Å². The van der Waals surface area contributed by atoms with Gasteiger partial charge in [-0.15, -0.1) is 0 Å². The van der Waals surface area contributed by atoms with Gasteiger partial charge in [0.2, 0.25) is 0 Å². The van der Waals surface area contributed by atoms with Crippen molar-refractivity contribution in [2.45, 2.75) is 0 Å². The van der Waals surface area contributed by atoms with Gasteiger partial charge in [0, 0.05) is 5.56 Å². The Labute approximate surface area is 102 Å². The Morgan fingerprint density at radius 2 is 1.61 bits per heavy atom. The zero-order valence-corrected chi connectivity index (χ0v) is 9.18. The first kappa shape index (κ1) is 10.5. The average molecular weight is 240 g/mol. The van der Waals surface area contributed by atoms with Crippen molar-refractivity contribution in [3.63, 3.8) is 0 Å². The van der Waals surface area contributed by atoms with E-state index in [9.17, 15) is 9.59 Å². The van der Waals surface area contributed by atoms with E-state index in [1.54, 1.807) is 30.3 Å². The second-order valence-electron chi connectivity index (χ2n) is 4.10. The van der Waals surface area contributed by atoms with Crippen molar-refractivity contribution in [2.24, 2.45) is 0 Å². The second kappa shape index (κ2) is 3.43. The lowest BCUT2D eigenvalue weighted by Crippen LogP contribution is -2.09. The largest absolute Gasteiger partial charge is 0.478 e. The minimum absolute atomic E-state index is 0.208. The molecule has 18 heavy (non-hydrogen) atoms. The third-order valence-electron chi connectivity index (χ3n) is 3.12. The third kappa shape index (κ3) is 1.26. The fraction of sp³-hybridized carbons (Fsp3) is 0. The molecular formula is C14H8O4. The first-order chi connectivity index (χ1) is 8.59. The maximum Gasteiger partial charge on any atom is 0.336 e. The average Bonchev–Trinajstić information content (AvgIpc) is 2.34. The lowest BCUT2D eigenvalue weighted by molar-refractivity contribution is 0.0686. The van der Waals surface area contributed by atoms with Crippen LogP contribution in [0.15, 0.2) is 36.4 Å². The van der Waals surface area contributed by atoms with Gasteiger partial charge in [0.25, 0.3) is 0 Å². The number of aromatic carboxylic acids is 2. The van der Waals surface area contributed by atoms with Crippen LogP contribution in [0.4, 0.5) is 0 Å². The standard InChI is InChI=1S/C14H8O4/c15-13(16)7-4-5-9-11(6-7)8-2-1-3-10(12(8)9)14(17)18/h1-6H,(H,15,16)(H,17,18). The third-order valence-corrected chi connectivity index (χ3v) is 3.12. The maximum atomic E-state index is 11.1. The number of rotatable bonds is 2. The van der Waals surface area contributed by atoms with Gasteiger partial charge in [0.05, 0.1) is 11.1 Å². The maximum absolute atomic E-state index is 11.1. The summed E-state index contributed by atoms with van der Waals surface area (Å²) in [5.41, 5.74) is 3.55. The summed E-state index contributed by atoms with van der Waals surface area (Å²) in [6, 6.07) is 9.74. The van der Waals surface area contributed by atoms with Crippen LogP contribution < -0.4 is 0 Å². The van der Waals surface area contributed by atoms with E-state index < -0.39 is 11.9 Å². The van der Waals surface area contributed by atoms with Gasteiger partial charge in [-0.2, -0.15) is 0 Å². The van der Waals surface area contributed by atoms with Crippen molar-refractivity contribution in [3.8, 4) is 22.3 Å². The Morgan fingerprint density at radius 1 is 0.833 bits per heavy atom. The highest BCUT2D eigenvalue weighted by atomic mass is 16.4. The molecule has 4 heteroatoms. The zero-order chi connectivity index (χ0) is 12.9. The van der Waals surface area contributed by atoms with Crippen LogP contribution in [0.5, 0.6) is 0 Å². The lowest BCUT2D eigenvalue weighted by atomic mass is 9.77. The summed E-state index contributed by atoms with van der Waals surface area (Å²) in [4.78, 5) is 22.0. The van der Waals surface area contributed by atoms with Gasteiger partial charge >= 0.3 is 11.9 Å². The van der Waals surface area contributed by atoms with Gasteiger partial charge in [0.1, 0.15) is 0 Å². The number of carbonyl (C=O) groups is 2. The van der Waals surface area contributed by atoms with E-state index in [0.29, 0.717) is 5.56 Å². The number of carboxylic acids is 2. The Bertz CT molecular complexity index is 701. The molecule has 0 aliphatic heterocycles. The molecule has 0 atom stereocenters. The normalized spacial score (nSPS) is 11.1. The number of carboxylic acid groups (broad SMARTS) is 2. The molecule has 0 fully saturated rings. The van der Waals surface area contributed by atoms with Crippen molar-refractivity contribution in [3.05, 3.63) is 47.5 Å². The van der Waals surface area contributed by atoms with Crippen LogP contribution in [0.2, 0.25) is 0 Å². The van der Waals surface area contributed by atoms with Crippen molar-refractivity contribution in [1.82, 2.24) is 0 Å². The van der Waals surface area contributed by atoms with E-state index in [1.165, 1.54) is 6.07 Å². The molecule has 2 aromatic rings. The molecule has 1 aliphatic carbocycles. The minimum atomic E-state index is -0.986. The first-order valence-corrected chi connectivity index (χ1v) is 5.34. The van der Waals surface area contributed by atoms with E-state index in [2.05, 4.69) is 0 Å². The summed E-state index contributed by atoms with van der Waals surface area (Å²) in [6.45, 7) is 0. The van der Waals surface area contributed by atoms with Crippen molar-refractivity contribution in [1.29, 1.82) is 0 Å². The van der Waals surface area contributed by atoms with E-state index in [-0.39, 0.29) is 11.1 Å². The summed E-state index contributed by atoms with van der Waals surface area (Å²) >= 11 is 0. The molecule has 0 radical (unpaired) electrons. The second-order valence-corrected chi connectivity index (χ2v) is 4.10. The molecule has 3 rings (SSSR count). The number of fused-ring (bicyclic) bond motifs is 4. The van der Waals surface area contributed by atoms with Gasteiger partial charge in [-0.3, -0.25) is 0 Å². The molecule has 0 bridgehead atoms. The molecular weight excluding hydrogens is 232 g/mol. The Morgan fingerprint density at radius 3 is 2.28 bits per heavy atom. The van der Waals surface area contributed by atoms with Gasteiger partial charge in [0.15, 0.2) is 0 Å². The summed E-state index contributed by atoms with van der Waals surface area (Å²) in [6.07, 6.45) is 0. The van der Waals surface area contributed by atoms with Crippen LogP contribution in [0, 0.1) is 0 Å². The molecule has 0 saturated heterocycles. The minimum Gasteiger partial charge on any atom is -0.478 e. The Balaban J connectivity index is 2.20. The summed E-state index contributed by atoms with van der Waals surface area (Å²) in [7, 11) is 0. The highest BCUT2D eigenvalue weighted by molar-refractivity contribution is 6.12. The van der Waals surface area contributed by atoms with Crippen molar-refractivity contribution < 1.29 is 19.8 Å². The topological polar surface area (TPSA) is 74.6 Å². The summed E-state index contributed by atoms with van der Waals surface area (Å²) in [5, 5.41) is 18.0. The van der Waals surface area contributed by atoms with Crippen LogP contribution in [-0.2, 0) is 0 Å². The van der Waals surface area contributed by atoms with Crippen LogP contribution >= 0.6 is 0 Å². The number of benzene rings is 2. The van der Waals surface area contributed by atoms with Gasteiger partial charge < -0.3 is 10.2 Å². The monoisotopic (exact) mass is 240 g/mol. The molecule has 0 saturated carbocycles. The van der Waals surface area contributed by atoms with Crippen LogP contribution in [-0.4, -0.2) is 22.2 Å². The summed E-state index contributed by atoms with van der Waals surface area (Å²) < 4.78 is 0. The quantitative estimate of drug-likeness (QED) is 0.722. The fourth-order valence-corrected chi connectivity index (χ4v) is 2.30. The fourth-order valence-electron chi connectivity index (χ4n) is 2.30. The molecule has 0 amide bonds. The zero-order valence-electron chi connectivity index (χ0n) is 9.18. The van der Waals surface area contributed by atoms with Gasteiger partial charge in [-0.25, -0.2) is 9.59 Å². The predicted molar refractivity (Wildman–Crippen MR) is 64.8 cm³/mol. The predicted octanol–water partition coefficient (Wildman–Crippen LogP) is 2.73. The molecule has 1 aliphatic rings. The van der Waals surface area contributed by atoms with Crippen LogP contribution in [0.3, 0.4) is 0 Å². The molecule has 0 aromatic heterocycles. The van der Waals surface area contributed by atoms with Gasteiger partial charge in [-0.1, -0.05) is 18.2 Å². The highest BCUT2D eigenvalue weighted by Crippen LogP contribution is 2.49. The Hall–Kier alpha value is -2.62. The van der Waals surface area contributed by atoms with E-state index in [4.69, 9.17) is 10.2 Å². The Kier molecular flexibility index (Phi) is 2.01. The van der Waals surface area contributed by atoms with Crippen LogP contribution in [0.1, 0.15) is 20.7 Å². The molecule has 0 unspecified atom stereocenters. The smallest absolute Gasteiger partial charge is 0.336 e. The summed E-state index contributed by atoms with van der Waals surface area (Å²) in [5.74, 6) is -1.96. The van der Waals surface area contributed by atoms with Crippen molar-refractivity contribution >= 4 is 11.9 Å². The van der Waals surface area contributed by atoms with E-state index in [1.807, 2.05) is 0 Å². The van der Waals surface area contributed by atoms with Crippen LogP contribution in [0.25, 0.3) is 22.3 Å². The molecule has 88 valence electrons.